The van der Waals surface area contributed by atoms with Gasteiger partial charge < -0.3 is 21.1 Å². The van der Waals surface area contributed by atoms with Crippen molar-refractivity contribution in [2.45, 2.75) is 12.9 Å². The van der Waals surface area contributed by atoms with Gasteiger partial charge in [-0.25, -0.2) is 0 Å². The average molecular weight is 427 g/mol. The van der Waals surface area contributed by atoms with E-state index in [1.165, 1.54) is 30.3 Å². The molecular weight excluding hydrogens is 407 g/mol. The van der Waals surface area contributed by atoms with Crippen molar-refractivity contribution < 1.29 is 22.7 Å². The van der Waals surface area contributed by atoms with Gasteiger partial charge in [0.25, 0.3) is 0 Å². The highest BCUT2D eigenvalue weighted by atomic mass is 19.4. The average Bonchev–Trinajstić information content (AvgIpc) is 2.73. The molecule has 3 rings (SSSR count). The van der Waals surface area contributed by atoms with E-state index in [0.29, 0.717) is 23.6 Å². The molecule has 0 saturated carbocycles. The van der Waals surface area contributed by atoms with Gasteiger partial charge in [0.2, 0.25) is 5.91 Å². The van der Waals surface area contributed by atoms with Gasteiger partial charge in [-0.05, 0) is 53.6 Å². The number of ether oxygens (including phenoxy) is 1. The van der Waals surface area contributed by atoms with Gasteiger partial charge in [-0.2, -0.15) is 0 Å². The first-order chi connectivity index (χ1) is 14.8. The number of para-hydroxylation sites is 2. The van der Waals surface area contributed by atoms with Crippen molar-refractivity contribution in [3.05, 3.63) is 90.0 Å². The fourth-order valence-electron chi connectivity index (χ4n) is 2.68. The van der Waals surface area contributed by atoms with E-state index in [9.17, 15) is 18.0 Å². The number of nitrogens with two attached hydrogens (primary N) is 1. The molecule has 0 saturated heterocycles. The van der Waals surface area contributed by atoms with Crippen LogP contribution >= 0.6 is 0 Å². The van der Waals surface area contributed by atoms with Gasteiger partial charge in [0.1, 0.15) is 5.75 Å². The molecule has 0 aromatic heterocycles. The Labute approximate surface area is 177 Å². The fourth-order valence-corrected chi connectivity index (χ4v) is 2.68. The number of rotatable bonds is 7. The summed E-state index contributed by atoms with van der Waals surface area (Å²) in [5.41, 5.74) is 9.31. The Kier molecular flexibility index (Phi) is 6.81. The van der Waals surface area contributed by atoms with Gasteiger partial charge >= 0.3 is 6.36 Å². The second-order valence-electron chi connectivity index (χ2n) is 6.58. The summed E-state index contributed by atoms with van der Waals surface area (Å²) >= 11 is 0. The second-order valence-corrected chi connectivity index (χ2v) is 6.58. The molecule has 160 valence electrons. The van der Waals surface area contributed by atoms with Gasteiger partial charge in [-0.1, -0.05) is 36.4 Å². The van der Waals surface area contributed by atoms with Crippen LogP contribution in [-0.2, 0) is 11.3 Å². The molecule has 0 radical (unpaired) electrons. The zero-order valence-corrected chi connectivity index (χ0v) is 16.3. The summed E-state index contributed by atoms with van der Waals surface area (Å²) in [4.78, 5) is 12.0. The molecule has 0 fully saturated rings. The van der Waals surface area contributed by atoms with Crippen LogP contribution in [0, 0.1) is 0 Å². The third-order valence-electron chi connectivity index (χ3n) is 4.21. The summed E-state index contributed by atoms with van der Waals surface area (Å²) in [6.45, 7) is 0.483. The molecule has 31 heavy (non-hydrogen) atoms. The molecule has 3 aromatic carbocycles. The molecule has 0 unspecified atom stereocenters. The van der Waals surface area contributed by atoms with Gasteiger partial charge in [0.15, 0.2) is 0 Å². The van der Waals surface area contributed by atoms with E-state index in [2.05, 4.69) is 15.4 Å². The first-order valence-electron chi connectivity index (χ1n) is 9.31. The second kappa shape index (κ2) is 9.71. The van der Waals surface area contributed by atoms with E-state index < -0.39 is 6.36 Å². The number of halogens is 3. The highest BCUT2D eigenvalue weighted by Gasteiger charge is 2.30. The summed E-state index contributed by atoms with van der Waals surface area (Å²) in [6.07, 6.45) is -1.60. The Hall–Kier alpha value is -3.94. The van der Waals surface area contributed by atoms with Gasteiger partial charge in [0, 0.05) is 18.3 Å². The van der Waals surface area contributed by atoms with Crippen molar-refractivity contribution in [3.63, 3.8) is 0 Å². The minimum atomic E-state index is -4.71. The lowest BCUT2D eigenvalue weighted by molar-refractivity contribution is -0.274. The Morgan fingerprint density at radius 2 is 1.65 bits per heavy atom. The maximum atomic E-state index is 12.2. The predicted octanol–water partition coefficient (Wildman–Crippen LogP) is 5.43. The lowest BCUT2D eigenvalue weighted by atomic mass is 10.1. The van der Waals surface area contributed by atoms with E-state index in [-0.39, 0.29) is 11.7 Å². The molecule has 0 atom stereocenters. The largest absolute Gasteiger partial charge is 0.573 e. The zero-order chi connectivity index (χ0) is 22.3. The number of carbonyl (C=O) groups excluding carboxylic acids is 1. The maximum absolute atomic E-state index is 12.2. The fraction of sp³-hybridized carbons (Fsp3) is 0.0870. The number of nitrogens with one attached hydrogen (secondary N) is 2. The number of carbonyl (C=O) groups is 1. The molecule has 8 heteroatoms. The number of nitrogen functional groups attached to an aromatic ring is 1. The molecule has 0 aliphatic rings. The number of hydrogen-bond acceptors (Lipinski definition) is 4. The Morgan fingerprint density at radius 3 is 2.29 bits per heavy atom. The lowest BCUT2D eigenvalue weighted by Crippen LogP contribution is -2.17. The summed E-state index contributed by atoms with van der Waals surface area (Å²) in [7, 11) is 0. The van der Waals surface area contributed by atoms with Crippen LogP contribution in [0.3, 0.4) is 0 Å². The van der Waals surface area contributed by atoms with E-state index in [1.54, 1.807) is 30.3 Å². The van der Waals surface area contributed by atoms with Gasteiger partial charge in [-0.15, -0.1) is 13.2 Å². The molecule has 3 aromatic rings. The van der Waals surface area contributed by atoms with Crippen molar-refractivity contribution in [2.24, 2.45) is 0 Å². The number of hydrogen-bond donors (Lipinski definition) is 3. The van der Waals surface area contributed by atoms with Crippen LogP contribution in [0.5, 0.6) is 5.75 Å². The van der Waals surface area contributed by atoms with Crippen molar-refractivity contribution >= 4 is 29.0 Å². The molecule has 5 nitrogen and oxygen atoms in total. The van der Waals surface area contributed by atoms with E-state index >= 15 is 0 Å². The minimum absolute atomic E-state index is 0.270. The van der Waals surface area contributed by atoms with Crippen LogP contribution in [0.25, 0.3) is 6.08 Å². The number of anilines is 3. The van der Waals surface area contributed by atoms with Crippen molar-refractivity contribution in [1.82, 2.24) is 0 Å². The standard InChI is InChI=1S/C23H20F3N3O2/c24-23(25,26)31-19-12-10-18(11-13-19)28-15-17-7-5-16(6-8-17)9-14-22(30)29-21-4-2-1-3-20(21)27/h1-14,28H,15,27H2,(H,29,30)/b14-9-. The molecular formula is C23H20F3N3O2. The Bertz CT molecular complexity index is 1050. The van der Waals surface area contributed by atoms with Crippen LogP contribution in [-0.4, -0.2) is 12.3 Å². The maximum Gasteiger partial charge on any atom is 0.573 e. The van der Waals surface area contributed by atoms with Crippen LogP contribution in [0.15, 0.2) is 78.9 Å². The first kappa shape index (κ1) is 21.8. The molecule has 0 aliphatic carbocycles. The topological polar surface area (TPSA) is 76.4 Å². The number of alkyl halides is 3. The van der Waals surface area contributed by atoms with Gasteiger partial charge in [0.05, 0.1) is 11.4 Å². The Morgan fingerprint density at radius 1 is 0.968 bits per heavy atom. The van der Waals surface area contributed by atoms with Crippen molar-refractivity contribution in [2.75, 3.05) is 16.4 Å². The van der Waals surface area contributed by atoms with E-state index in [1.807, 2.05) is 24.3 Å². The van der Waals surface area contributed by atoms with Crippen molar-refractivity contribution in [1.29, 1.82) is 0 Å². The number of benzene rings is 3. The Balaban J connectivity index is 1.50. The summed E-state index contributed by atoms with van der Waals surface area (Å²) in [5, 5.41) is 5.84. The summed E-state index contributed by atoms with van der Waals surface area (Å²) in [5.74, 6) is -0.560. The molecule has 0 aliphatic heterocycles. The monoisotopic (exact) mass is 427 g/mol. The van der Waals surface area contributed by atoms with E-state index in [0.717, 1.165) is 11.1 Å². The summed E-state index contributed by atoms with van der Waals surface area (Å²) in [6, 6.07) is 20.0. The highest BCUT2D eigenvalue weighted by Crippen LogP contribution is 2.24. The quantitative estimate of drug-likeness (QED) is 0.347. The lowest BCUT2D eigenvalue weighted by Gasteiger charge is -2.10. The normalized spacial score (nSPS) is 11.3. The predicted molar refractivity (Wildman–Crippen MR) is 115 cm³/mol. The summed E-state index contributed by atoms with van der Waals surface area (Å²) < 4.78 is 40.4. The molecule has 1 amide bonds. The third-order valence-corrected chi connectivity index (χ3v) is 4.21. The van der Waals surface area contributed by atoms with Crippen LogP contribution < -0.4 is 21.1 Å². The third kappa shape index (κ3) is 7.11. The van der Waals surface area contributed by atoms with Crippen LogP contribution in [0.2, 0.25) is 0 Å². The highest BCUT2D eigenvalue weighted by molar-refractivity contribution is 6.03. The van der Waals surface area contributed by atoms with E-state index in [4.69, 9.17) is 5.73 Å². The van der Waals surface area contributed by atoms with Gasteiger partial charge in [-0.3, -0.25) is 4.79 Å². The molecule has 0 heterocycles. The molecule has 4 N–H and O–H groups in total. The number of amides is 1. The zero-order valence-electron chi connectivity index (χ0n) is 16.3. The smallest absolute Gasteiger partial charge is 0.406 e. The first-order valence-corrected chi connectivity index (χ1v) is 9.31. The molecule has 0 spiro atoms. The van der Waals surface area contributed by atoms with Crippen molar-refractivity contribution in [3.8, 4) is 5.75 Å². The minimum Gasteiger partial charge on any atom is -0.406 e. The molecule has 0 bridgehead atoms. The van der Waals surface area contributed by atoms with Crippen LogP contribution in [0.4, 0.5) is 30.2 Å². The SMILES string of the molecule is Nc1ccccc1NC(=O)/C=C\c1ccc(CNc2ccc(OC(F)(F)F)cc2)cc1. The van der Waals surface area contributed by atoms with Crippen LogP contribution in [0.1, 0.15) is 11.1 Å².